The Hall–Kier alpha value is -2.94. The molecule has 0 bridgehead atoms. The number of nitrogens with zero attached hydrogens (tertiary/aromatic N) is 4. The first-order chi connectivity index (χ1) is 14.0. The van der Waals surface area contributed by atoms with Crippen molar-refractivity contribution in [3.05, 3.63) is 64.0 Å². The molecule has 0 fully saturated rings. The molecule has 9 heteroatoms. The molecule has 0 atom stereocenters. The van der Waals surface area contributed by atoms with Gasteiger partial charge in [0.15, 0.2) is 11.0 Å². The molecule has 0 radical (unpaired) electrons. The smallest absolute Gasteiger partial charge is 0.276 e. The summed E-state index contributed by atoms with van der Waals surface area (Å²) in [4.78, 5) is 10.7. The third-order valence-electron chi connectivity index (χ3n) is 4.44. The van der Waals surface area contributed by atoms with E-state index in [9.17, 15) is 14.5 Å². The molecule has 29 heavy (non-hydrogen) atoms. The van der Waals surface area contributed by atoms with Crippen LogP contribution >= 0.6 is 11.8 Å². The molecule has 1 aromatic heterocycles. The third kappa shape index (κ3) is 4.73. The molecular weight excluding hydrogens is 395 g/mol. The number of nitro groups is 1. The molecule has 0 aliphatic carbocycles. The van der Waals surface area contributed by atoms with Crippen molar-refractivity contribution < 1.29 is 14.1 Å². The standard InChI is InChI=1S/C20H21FN4O3S/c1-3-4-12-24-19(14-8-10-15(28-2)11-9-14)22-23-20(24)29-13-16-17(21)6-5-7-18(16)25(26)27/h5-11H,3-4,12-13H2,1-2H3. The average Bonchev–Trinajstić information content (AvgIpc) is 3.13. The molecule has 0 aliphatic rings. The summed E-state index contributed by atoms with van der Waals surface area (Å²) in [5, 5.41) is 20.4. The Bertz CT molecular complexity index is 992. The van der Waals surface area contributed by atoms with E-state index in [0.29, 0.717) is 17.5 Å². The summed E-state index contributed by atoms with van der Waals surface area (Å²) in [6.07, 6.45) is 1.91. The quantitative estimate of drug-likeness (QED) is 0.274. The maximum Gasteiger partial charge on any atom is 0.276 e. The lowest BCUT2D eigenvalue weighted by Crippen LogP contribution is -2.03. The van der Waals surface area contributed by atoms with Gasteiger partial charge in [0.2, 0.25) is 0 Å². The van der Waals surface area contributed by atoms with E-state index < -0.39 is 10.7 Å². The fourth-order valence-electron chi connectivity index (χ4n) is 2.86. The summed E-state index contributed by atoms with van der Waals surface area (Å²) in [6, 6.07) is 11.4. The van der Waals surface area contributed by atoms with Gasteiger partial charge in [-0.2, -0.15) is 0 Å². The first kappa shape index (κ1) is 20.8. The molecule has 0 N–H and O–H groups in total. The monoisotopic (exact) mass is 416 g/mol. The minimum Gasteiger partial charge on any atom is -0.497 e. The number of benzene rings is 2. The van der Waals surface area contributed by atoms with Crippen LogP contribution in [0, 0.1) is 15.9 Å². The maximum atomic E-state index is 14.2. The molecule has 0 unspecified atom stereocenters. The van der Waals surface area contributed by atoms with Gasteiger partial charge in [0, 0.05) is 23.9 Å². The molecule has 0 amide bonds. The fraction of sp³-hybridized carbons (Fsp3) is 0.300. The van der Waals surface area contributed by atoms with Crippen LogP contribution in [-0.2, 0) is 12.3 Å². The Morgan fingerprint density at radius 2 is 1.97 bits per heavy atom. The van der Waals surface area contributed by atoms with Gasteiger partial charge in [-0.05, 0) is 36.8 Å². The lowest BCUT2D eigenvalue weighted by Gasteiger charge is -2.10. The summed E-state index contributed by atoms with van der Waals surface area (Å²) in [5.74, 6) is 0.943. The van der Waals surface area contributed by atoms with E-state index in [4.69, 9.17) is 4.74 Å². The molecule has 0 aliphatic heterocycles. The zero-order valence-corrected chi connectivity index (χ0v) is 17.0. The van der Waals surface area contributed by atoms with Crippen LogP contribution in [0.15, 0.2) is 47.6 Å². The van der Waals surface area contributed by atoms with Crippen LogP contribution in [0.1, 0.15) is 25.3 Å². The topological polar surface area (TPSA) is 83.1 Å². The van der Waals surface area contributed by atoms with Crippen molar-refractivity contribution in [3.8, 4) is 17.1 Å². The van der Waals surface area contributed by atoms with E-state index in [0.717, 1.165) is 24.2 Å². The van der Waals surface area contributed by atoms with E-state index in [1.54, 1.807) is 7.11 Å². The highest BCUT2D eigenvalue weighted by Gasteiger charge is 2.20. The van der Waals surface area contributed by atoms with Crippen LogP contribution in [0.3, 0.4) is 0 Å². The highest BCUT2D eigenvalue weighted by atomic mass is 32.2. The SMILES string of the molecule is CCCCn1c(SCc2c(F)cccc2[N+](=O)[O-])nnc1-c1ccc(OC)cc1. The van der Waals surface area contributed by atoms with Crippen molar-refractivity contribution in [1.29, 1.82) is 0 Å². The minimum absolute atomic E-state index is 0.0542. The maximum absolute atomic E-state index is 14.2. The lowest BCUT2D eigenvalue weighted by molar-refractivity contribution is -0.385. The van der Waals surface area contributed by atoms with Crippen LogP contribution in [-0.4, -0.2) is 26.8 Å². The van der Waals surface area contributed by atoms with Crippen LogP contribution in [0.2, 0.25) is 0 Å². The van der Waals surface area contributed by atoms with Crippen LogP contribution < -0.4 is 4.74 Å². The second kappa shape index (κ2) is 9.51. The number of ether oxygens (including phenoxy) is 1. The third-order valence-corrected chi connectivity index (χ3v) is 5.43. The molecule has 3 rings (SSSR count). The highest BCUT2D eigenvalue weighted by molar-refractivity contribution is 7.98. The number of methoxy groups -OCH3 is 1. The Morgan fingerprint density at radius 1 is 1.21 bits per heavy atom. The Balaban J connectivity index is 1.90. The molecule has 0 saturated carbocycles. The van der Waals surface area contributed by atoms with Crippen molar-refractivity contribution in [2.45, 2.75) is 37.2 Å². The van der Waals surface area contributed by atoms with Gasteiger partial charge in [0.25, 0.3) is 5.69 Å². The van der Waals surface area contributed by atoms with Gasteiger partial charge >= 0.3 is 0 Å². The Labute approximate surface area is 172 Å². The number of halogens is 1. The van der Waals surface area contributed by atoms with Gasteiger partial charge in [-0.25, -0.2) is 4.39 Å². The summed E-state index contributed by atoms with van der Waals surface area (Å²) in [7, 11) is 1.61. The predicted molar refractivity (Wildman–Crippen MR) is 110 cm³/mol. The zero-order valence-electron chi connectivity index (χ0n) is 16.2. The van der Waals surface area contributed by atoms with Gasteiger partial charge in [0.05, 0.1) is 17.6 Å². The Kier molecular flexibility index (Phi) is 6.82. The number of rotatable bonds is 9. The van der Waals surface area contributed by atoms with E-state index >= 15 is 0 Å². The first-order valence-corrected chi connectivity index (χ1v) is 10.2. The zero-order chi connectivity index (χ0) is 20.8. The van der Waals surface area contributed by atoms with Gasteiger partial charge in [-0.15, -0.1) is 10.2 Å². The van der Waals surface area contributed by atoms with Crippen molar-refractivity contribution in [2.75, 3.05) is 7.11 Å². The summed E-state index contributed by atoms with van der Waals surface area (Å²) in [6.45, 7) is 2.79. The average molecular weight is 416 g/mol. The molecule has 3 aromatic rings. The summed E-state index contributed by atoms with van der Waals surface area (Å²) < 4.78 is 21.4. The molecule has 1 heterocycles. The first-order valence-electron chi connectivity index (χ1n) is 9.17. The van der Waals surface area contributed by atoms with Crippen LogP contribution in [0.5, 0.6) is 5.75 Å². The highest BCUT2D eigenvalue weighted by Crippen LogP contribution is 2.31. The van der Waals surface area contributed by atoms with E-state index in [-0.39, 0.29) is 17.0 Å². The van der Waals surface area contributed by atoms with E-state index in [1.807, 2.05) is 28.8 Å². The molecular formula is C20H21FN4O3S. The number of thioether (sulfide) groups is 1. The van der Waals surface area contributed by atoms with Crippen molar-refractivity contribution in [2.24, 2.45) is 0 Å². The number of hydrogen-bond acceptors (Lipinski definition) is 6. The van der Waals surface area contributed by atoms with E-state index in [1.165, 1.54) is 30.0 Å². The second-order valence-corrected chi connectivity index (χ2v) is 7.27. The molecule has 2 aromatic carbocycles. The largest absolute Gasteiger partial charge is 0.497 e. The van der Waals surface area contributed by atoms with Crippen LogP contribution in [0.25, 0.3) is 11.4 Å². The van der Waals surface area contributed by atoms with Crippen LogP contribution in [0.4, 0.5) is 10.1 Å². The second-order valence-electron chi connectivity index (χ2n) is 6.32. The fourth-order valence-corrected chi connectivity index (χ4v) is 3.86. The Morgan fingerprint density at radius 3 is 2.62 bits per heavy atom. The number of nitro benzene ring substituents is 1. The number of hydrogen-bond donors (Lipinski definition) is 0. The minimum atomic E-state index is -0.596. The van der Waals surface area contributed by atoms with Gasteiger partial charge < -0.3 is 9.30 Å². The van der Waals surface area contributed by atoms with Crippen molar-refractivity contribution in [1.82, 2.24) is 14.8 Å². The van der Waals surface area contributed by atoms with Crippen molar-refractivity contribution in [3.63, 3.8) is 0 Å². The molecule has 152 valence electrons. The molecule has 7 nitrogen and oxygen atoms in total. The summed E-state index contributed by atoms with van der Waals surface area (Å²) >= 11 is 1.24. The molecule has 0 spiro atoms. The summed E-state index contributed by atoms with van der Waals surface area (Å²) in [5.41, 5.74) is 0.712. The van der Waals surface area contributed by atoms with Crippen molar-refractivity contribution >= 4 is 17.4 Å². The lowest BCUT2D eigenvalue weighted by atomic mass is 10.2. The molecule has 0 saturated heterocycles. The number of unbranched alkanes of at least 4 members (excludes halogenated alkanes) is 1. The normalized spacial score (nSPS) is 10.9. The number of aromatic nitrogens is 3. The predicted octanol–water partition coefficient (Wildman–Crippen LogP) is 5.09. The van der Waals surface area contributed by atoms with E-state index in [2.05, 4.69) is 17.1 Å². The van der Waals surface area contributed by atoms with Gasteiger partial charge in [-0.3, -0.25) is 10.1 Å². The van der Waals surface area contributed by atoms with Gasteiger partial charge in [-0.1, -0.05) is 31.2 Å². The van der Waals surface area contributed by atoms with Gasteiger partial charge in [0.1, 0.15) is 11.6 Å².